The van der Waals surface area contributed by atoms with Crippen molar-refractivity contribution in [3.05, 3.63) is 58.3 Å². The minimum absolute atomic E-state index is 0.499. The molecule has 0 saturated heterocycles. The second-order valence-corrected chi connectivity index (χ2v) is 6.60. The molecule has 3 aromatic rings. The molecule has 0 aliphatic carbocycles. The van der Waals surface area contributed by atoms with Crippen LogP contribution in [0.4, 0.5) is 0 Å². The van der Waals surface area contributed by atoms with Gasteiger partial charge in [-0.05, 0) is 30.7 Å². The van der Waals surface area contributed by atoms with E-state index in [0.717, 1.165) is 34.4 Å². The summed E-state index contributed by atoms with van der Waals surface area (Å²) in [7, 11) is 0. The van der Waals surface area contributed by atoms with Crippen LogP contribution in [0.1, 0.15) is 12.5 Å². The molecule has 23 heavy (non-hydrogen) atoms. The van der Waals surface area contributed by atoms with Gasteiger partial charge < -0.3 is 4.57 Å². The van der Waals surface area contributed by atoms with Crippen molar-refractivity contribution >= 4 is 35.0 Å². The Morgan fingerprint density at radius 2 is 2.00 bits per heavy atom. The average molecular weight is 365 g/mol. The second-order valence-electron chi connectivity index (χ2n) is 4.84. The highest BCUT2D eigenvalue weighted by atomic mass is 35.5. The van der Waals surface area contributed by atoms with E-state index in [1.807, 2.05) is 30.3 Å². The predicted molar refractivity (Wildman–Crippen MR) is 95.0 cm³/mol. The lowest BCUT2D eigenvalue weighted by molar-refractivity contribution is 0.687. The molecule has 0 saturated carbocycles. The molecule has 7 heteroatoms. The summed E-state index contributed by atoms with van der Waals surface area (Å²) < 4.78 is 2.08. The summed E-state index contributed by atoms with van der Waals surface area (Å²) in [6.07, 6.45) is 1.78. The SMILES string of the molecule is CCn1c(SCc2ccc(Cl)nc2)nnc1-c1cccc(Cl)c1. The smallest absolute Gasteiger partial charge is 0.191 e. The van der Waals surface area contributed by atoms with E-state index in [2.05, 4.69) is 26.7 Å². The van der Waals surface area contributed by atoms with Crippen molar-refractivity contribution in [1.29, 1.82) is 0 Å². The zero-order valence-corrected chi connectivity index (χ0v) is 14.7. The molecule has 118 valence electrons. The van der Waals surface area contributed by atoms with Gasteiger partial charge in [0.05, 0.1) is 0 Å². The average Bonchev–Trinajstić information content (AvgIpc) is 2.97. The molecule has 0 amide bonds. The third-order valence-electron chi connectivity index (χ3n) is 3.27. The van der Waals surface area contributed by atoms with E-state index in [1.54, 1.807) is 24.0 Å². The number of pyridine rings is 1. The van der Waals surface area contributed by atoms with Gasteiger partial charge in [0.25, 0.3) is 0 Å². The third-order valence-corrected chi connectivity index (χ3v) is 4.77. The van der Waals surface area contributed by atoms with Crippen molar-refractivity contribution in [3.63, 3.8) is 0 Å². The van der Waals surface area contributed by atoms with Gasteiger partial charge in [0, 0.05) is 29.1 Å². The summed E-state index contributed by atoms with van der Waals surface area (Å²) in [6, 6.07) is 11.4. The first-order chi connectivity index (χ1) is 11.2. The van der Waals surface area contributed by atoms with E-state index in [-0.39, 0.29) is 0 Å². The van der Waals surface area contributed by atoms with Crippen LogP contribution in [-0.2, 0) is 12.3 Å². The Morgan fingerprint density at radius 3 is 2.70 bits per heavy atom. The van der Waals surface area contributed by atoms with Crippen molar-refractivity contribution in [2.24, 2.45) is 0 Å². The van der Waals surface area contributed by atoms with Gasteiger partial charge in [0.1, 0.15) is 5.15 Å². The lowest BCUT2D eigenvalue weighted by atomic mass is 10.2. The fraction of sp³-hybridized carbons (Fsp3) is 0.188. The Bertz CT molecular complexity index is 802. The van der Waals surface area contributed by atoms with Gasteiger partial charge in [-0.3, -0.25) is 0 Å². The number of thioether (sulfide) groups is 1. The molecule has 0 atom stereocenters. The van der Waals surface area contributed by atoms with Gasteiger partial charge in [-0.15, -0.1) is 10.2 Å². The van der Waals surface area contributed by atoms with Gasteiger partial charge in [-0.2, -0.15) is 0 Å². The topological polar surface area (TPSA) is 43.6 Å². The van der Waals surface area contributed by atoms with E-state index < -0.39 is 0 Å². The van der Waals surface area contributed by atoms with Crippen molar-refractivity contribution in [3.8, 4) is 11.4 Å². The summed E-state index contributed by atoms with van der Waals surface area (Å²) in [4.78, 5) is 4.09. The summed E-state index contributed by atoms with van der Waals surface area (Å²) >= 11 is 13.5. The van der Waals surface area contributed by atoms with Crippen LogP contribution in [0, 0.1) is 0 Å². The molecule has 2 aromatic heterocycles. The number of nitrogens with zero attached hydrogens (tertiary/aromatic N) is 4. The standard InChI is InChI=1S/C16H14Cl2N4S/c1-2-22-15(12-4-3-5-13(17)8-12)20-21-16(22)23-10-11-6-7-14(18)19-9-11/h3-9H,2,10H2,1H3. The molecule has 1 aromatic carbocycles. The van der Waals surface area contributed by atoms with E-state index in [4.69, 9.17) is 23.2 Å². The third kappa shape index (κ3) is 3.86. The number of benzene rings is 1. The van der Waals surface area contributed by atoms with Gasteiger partial charge in [-0.25, -0.2) is 4.98 Å². The van der Waals surface area contributed by atoms with Crippen molar-refractivity contribution in [2.75, 3.05) is 0 Å². The molecule has 0 spiro atoms. The maximum Gasteiger partial charge on any atom is 0.191 e. The van der Waals surface area contributed by atoms with Crippen molar-refractivity contribution in [1.82, 2.24) is 19.7 Å². The van der Waals surface area contributed by atoms with E-state index in [1.165, 1.54) is 0 Å². The van der Waals surface area contributed by atoms with E-state index >= 15 is 0 Å². The first-order valence-corrected chi connectivity index (χ1v) is 8.84. The Hall–Kier alpha value is -1.56. The van der Waals surface area contributed by atoms with Crippen LogP contribution in [0.15, 0.2) is 47.8 Å². The zero-order valence-electron chi connectivity index (χ0n) is 12.4. The number of hydrogen-bond donors (Lipinski definition) is 0. The summed E-state index contributed by atoms with van der Waals surface area (Å²) in [5.41, 5.74) is 2.06. The van der Waals surface area contributed by atoms with Gasteiger partial charge in [0.15, 0.2) is 11.0 Å². The van der Waals surface area contributed by atoms with Gasteiger partial charge in [-0.1, -0.05) is 53.2 Å². The Morgan fingerprint density at radius 1 is 1.13 bits per heavy atom. The highest BCUT2D eigenvalue weighted by Gasteiger charge is 2.13. The van der Waals surface area contributed by atoms with Crippen LogP contribution in [0.3, 0.4) is 0 Å². The number of rotatable bonds is 5. The largest absolute Gasteiger partial charge is 0.302 e. The molecule has 3 rings (SSSR count). The fourth-order valence-electron chi connectivity index (χ4n) is 2.16. The summed E-state index contributed by atoms with van der Waals surface area (Å²) in [5.74, 6) is 1.59. The minimum Gasteiger partial charge on any atom is -0.302 e. The molecule has 0 fully saturated rings. The van der Waals surface area contributed by atoms with Crippen LogP contribution < -0.4 is 0 Å². The number of aromatic nitrogens is 4. The molecule has 0 radical (unpaired) electrons. The minimum atomic E-state index is 0.499. The molecule has 0 aliphatic rings. The normalized spacial score (nSPS) is 10.9. The second kappa shape index (κ2) is 7.34. The maximum atomic E-state index is 6.07. The first-order valence-electron chi connectivity index (χ1n) is 7.09. The van der Waals surface area contributed by atoms with Crippen molar-refractivity contribution in [2.45, 2.75) is 24.4 Å². The lowest BCUT2D eigenvalue weighted by Gasteiger charge is -2.07. The number of hydrogen-bond acceptors (Lipinski definition) is 4. The Balaban J connectivity index is 1.82. The van der Waals surface area contributed by atoms with E-state index in [0.29, 0.717) is 10.2 Å². The molecule has 2 heterocycles. The molecule has 0 aliphatic heterocycles. The molecule has 0 unspecified atom stereocenters. The monoisotopic (exact) mass is 364 g/mol. The molecule has 0 bridgehead atoms. The van der Waals surface area contributed by atoms with Crippen LogP contribution in [0.5, 0.6) is 0 Å². The van der Waals surface area contributed by atoms with Gasteiger partial charge >= 0.3 is 0 Å². The van der Waals surface area contributed by atoms with E-state index in [9.17, 15) is 0 Å². The highest BCUT2D eigenvalue weighted by Crippen LogP contribution is 2.27. The summed E-state index contributed by atoms with van der Waals surface area (Å²) in [6.45, 7) is 2.86. The van der Waals surface area contributed by atoms with Gasteiger partial charge in [0.2, 0.25) is 0 Å². The quantitative estimate of drug-likeness (QED) is 0.474. The zero-order chi connectivity index (χ0) is 16.2. The molecular formula is C16H14Cl2N4S. The highest BCUT2D eigenvalue weighted by molar-refractivity contribution is 7.98. The number of halogens is 2. The first kappa shape index (κ1) is 16.3. The van der Waals surface area contributed by atoms with Crippen LogP contribution in [-0.4, -0.2) is 19.7 Å². The summed E-state index contributed by atoms with van der Waals surface area (Å²) in [5, 5.41) is 10.7. The van der Waals surface area contributed by atoms with Crippen LogP contribution in [0.2, 0.25) is 10.2 Å². The lowest BCUT2D eigenvalue weighted by Crippen LogP contribution is -2.00. The Labute approximate surface area is 148 Å². The molecular weight excluding hydrogens is 351 g/mol. The maximum absolute atomic E-state index is 6.07. The van der Waals surface area contributed by atoms with Crippen LogP contribution in [0.25, 0.3) is 11.4 Å². The molecule has 0 N–H and O–H groups in total. The molecule has 4 nitrogen and oxygen atoms in total. The van der Waals surface area contributed by atoms with Crippen molar-refractivity contribution < 1.29 is 0 Å². The Kier molecular flexibility index (Phi) is 5.20. The van der Waals surface area contributed by atoms with Crippen LogP contribution >= 0.6 is 35.0 Å². The predicted octanol–water partition coefficient (Wildman–Crippen LogP) is 4.96. The fourth-order valence-corrected chi connectivity index (χ4v) is 3.40.